The molecule has 7 unspecified atom stereocenters. The Morgan fingerprint density at radius 2 is 1.98 bits per heavy atom. The van der Waals surface area contributed by atoms with E-state index in [1.54, 1.807) is 44.3 Å². The van der Waals surface area contributed by atoms with E-state index < -0.39 is 59.6 Å². The molecule has 0 spiro atoms. The molecule has 4 bridgehead atoms. The number of nitrogens with zero attached hydrogens (tertiary/aromatic N) is 1. The van der Waals surface area contributed by atoms with Crippen LogP contribution in [0.5, 0.6) is 5.75 Å². The van der Waals surface area contributed by atoms with Gasteiger partial charge in [0.15, 0.2) is 5.72 Å². The summed E-state index contributed by atoms with van der Waals surface area (Å²) in [6.45, 7) is 7.07. The number of esters is 1. The number of carbonyl (C=O) groups is 3. The van der Waals surface area contributed by atoms with Gasteiger partial charge in [-0.05, 0) is 42.5 Å². The van der Waals surface area contributed by atoms with Gasteiger partial charge in [0.2, 0.25) is 5.91 Å². The van der Waals surface area contributed by atoms with Crippen LogP contribution < -0.4 is 15.0 Å². The Morgan fingerprint density at radius 1 is 1.26 bits per heavy atom. The molecule has 254 valence electrons. The first-order chi connectivity index (χ1) is 21.6. The van der Waals surface area contributed by atoms with Crippen molar-refractivity contribution in [1.29, 1.82) is 0 Å². The van der Waals surface area contributed by atoms with Crippen LogP contribution >= 0.6 is 11.6 Å². The van der Waals surface area contributed by atoms with Gasteiger partial charge >= 0.3 is 12.1 Å². The first kappa shape index (κ1) is 35.7. The second-order valence-electron chi connectivity index (χ2n) is 12.8. The monoisotopic (exact) mass is 664 g/mol. The van der Waals surface area contributed by atoms with Crippen LogP contribution in [-0.2, 0) is 35.0 Å². The minimum Gasteiger partial charge on any atom is -0.495 e. The van der Waals surface area contributed by atoms with E-state index in [1.807, 2.05) is 20.8 Å². The topological polar surface area (TPSA) is 156 Å². The van der Waals surface area contributed by atoms with Gasteiger partial charge in [-0.1, -0.05) is 50.6 Å². The van der Waals surface area contributed by atoms with E-state index >= 15 is 0 Å². The van der Waals surface area contributed by atoms with Gasteiger partial charge in [-0.15, -0.1) is 0 Å². The largest absolute Gasteiger partial charge is 0.495 e. The number of alkyl carbamates (subject to hydrolysis) is 1. The lowest BCUT2D eigenvalue weighted by atomic mass is 9.83. The van der Waals surface area contributed by atoms with Gasteiger partial charge in [-0.25, -0.2) is 4.79 Å². The number of fused-ring (bicyclic) bond motifs is 5. The van der Waals surface area contributed by atoms with Crippen molar-refractivity contribution in [2.24, 2.45) is 11.8 Å². The predicted molar refractivity (Wildman–Crippen MR) is 170 cm³/mol. The summed E-state index contributed by atoms with van der Waals surface area (Å²) < 4.78 is 28.8. The molecule has 3 aliphatic heterocycles. The number of aliphatic hydroxyl groups is 2. The van der Waals surface area contributed by atoms with Gasteiger partial charge in [-0.2, -0.15) is 0 Å². The summed E-state index contributed by atoms with van der Waals surface area (Å²) in [4.78, 5) is 40.9. The number of ether oxygens (including phenoxy) is 5. The molecule has 0 radical (unpaired) electrons. The molecule has 7 atom stereocenters. The number of carbonyl (C=O) groups excluding carboxylic acids is 3. The zero-order valence-electron chi connectivity index (χ0n) is 27.4. The fraction of sp³-hybridized carbons (Fsp3) is 0.606. The molecule has 0 aliphatic carbocycles. The lowest BCUT2D eigenvalue weighted by Gasteiger charge is -2.42. The number of halogens is 1. The lowest BCUT2D eigenvalue weighted by Crippen LogP contribution is -2.63. The zero-order chi connectivity index (χ0) is 34.0. The molecule has 46 heavy (non-hydrogen) atoms. The van der Waals surface area contributed by atoms with E-state index in [-0.39, 0.29) is 43.2 Å². The number of aliphatic hydroxyl groups excluding tert-OH is 1. The van der Waals surface area contributed by atoms with E-state index in [0.29, 0.717) is 22.6 Å². The van der Waals surface area contributed by atoms with Gasteiger partial charge in [0.05, 0.1) is 31.9 Å². The van der Waals surface area contributed by atoms with E-state index in [0.717, 1.165) is 0 Å². The van der Waals surface area contributed by atoms with Crippen LogP contribution in [0.1, 0.15) is 52.5 Å². The van der Waals surface area contributed by atoms with Crippen molar-refractivity contribution in [2.45, 2.75) is 89.1 Å². The minimum atomic E-state index is -1.83. The third-order valence-electron chi connectivity index (χ3n) is 8.90. The van der Waals surface area contributed by atoms with Crippen LogP contribution in [0.25, 0.3) is 0 Å². The number of allylic oxidation sites excluding steroid dienone is 2. The molecule has 1 aromatic carbocycles. The molecule has 13 heteroatoms. The first-order valence-electron chi connectivity index (χ1n) is 15.4. The summed E-state index contributed by atoms with van der Waals surface area (Å²) in [7, 11) is 4.45. The fourth-order valence-corrected chi connectivity index (χ4v) is 6.48. The van der Waals surface area contributed by atoms with E-state index in [4.69, 9.17) is 35.3 Å². The summed E-state index contributed by atoms with van der Waals surface area (Å²) in [5.74, 6) is -0.973. The van der Waals surface area contributed by atoms with E-state index in [1.165, 1.54) is 19.1 Å². The second kappa shape index (κ2) is 14.3. The molecule has 3 aliphatic rings. The highest BCUT2D eigenvalue weighted by molar-refractivity contribution is 6.35. The Kier molecular flexibility index (Phi) is 11.1. The van der Waals surface area contributed by atoms with Crippen LogP contribution in [0.4, 0.5) is 10.5 Å². The number of hydrogen-bond donors (Lipinski definition) is 3. The van der Waals surface area contributed by atoms with Crippen molar-refractivity contribution in [1.82, 2.24) is 5.32 Å². The van der Waals surface area contributed by atoms with Crippen molar-refractivity contribution in [3.63, 3.8) is 0 Å². The Hall–Kier alpha value is -3.16. The first-order valence-corrected chi connectivity index (χ1v) is 15.7. The minimum absolute atomic E-state index is 0.0262. The normalized spacial score (nSPS) is 31.8. The van der Waals surface area contributed by atoms with Crippen molar-refractivity contribution in [3.05, 3.63) is 46.5 Å². The van der Waals surface area contributed by atoms with Crippen LogP contribution in [0.2, 0.25) is 5.02 Å². The molecule has 4 rings (SSSR count). The van der Waals surface area contributed by atoms with Crippen LogP contribution in [-0.4, -0.2) is 91.8 Å². The number of anilines is 1. The Labute approximate surface area is 274 Å². The average Bonchev–Trinajstić information content (AvgIpc) is 3.69. The molecule has 12 nitrogen and oxygen atoms in total. The number of nitrogens with one attached hydrogen (secondary N) is 1. The maximum absolute atomic E-state index is 13.9. The molecular formula is C33H45ClN2O10. The summed E-state index contributed by atoms with van der Waals surface area (Å²) >= 11 is 6.68. The molecule has 3 N–H and O–H groups in total. The maximum atomic E-state index is 13.9. The van der Waals surface area contributed by atoms with Gasteiger partial charge in [0, 0.05) is 32.9 Å². The Balaban J connectivity index is 1.80. The van der Waals surface area contributed by atoms with Crippen LogP contribution in [0.15, 0.2) is 35.9 Å². The highest BCUT2D eigenvalue weighted by Crippen LogP contribution is 2.49. The summed E-state index contributed by atoms with van der Waals surface area (Å²) in [6, 6.07) is 3.46. The van der Waals surface area contributed by atoms with Crippen molar-refractivity contribution in [3.8, 4) is 5.75 Å². The molecule has 1 aromatic rings. The summed E-state index contributed by atoms with van der Waals surface area (Å²) in [5, 5.41) is 24.5. The standard InChI is InChI=1S/C33H45ClN2O10/c1-18(2)11-28(39)45-26-15-27(38)36(5)22-13-21(14-23(42-6)29(22)34)12-20(17-37)9-8-10-25(43-7)33(41)16-24(44-31(40)35-33)19(3)30-32(26,4)46-30/h8-10,13-14,18-19,24-26,30,37,41H,11-12,15-17H2,1-7H3,(H,35,40). The van der Waals surface area contributed by atoms with Crippen LogP contribution in [0, 0.1) is 11.8 Å². The van der Waals surface area contributed by atoms with Crippen molar-refractivity contribution < 1.29 is 48.3 Å². The van der Waals surface area contributed by atoms with Gasteiger partial charge in [-0.3, -0.25) is 14.9 Å². The number of rotatable bonds is 6. The number of amides is 2. The molecule has 0 aromatic heterocycles. The SMILES string of the molecule is COc1cc2cc(c1Cl)N(C)C(=O)CC(OC(=O)CC(C)C)C1(C)OC1C(C)C1CC(O)(NC(=O)O1)C(OC)C=CC=C(CO)C2. The smallest absolute Gasteiger partial charge is 0.409 e. The quantitative estimate of drug-likeness (QED) is 0.303. The van der Waals surface area contributed by atoms with E-state index in [9.17, 15) is 24.6 Å². The second-order valence-corrected chi connectivity index (χ2v) is 13.2. The number of hydrogen-bond acceptors (Lipinski definition) is 10. The Bertz CT molecular complexity index is 1380. The molecule has 2 fully saturated rings. The van der Waals surface area contributed by atoms with Gasteiger partial charge < -0.3 is 38.8 Å². The third-order valence-corrected chi connectivity index (χ3v) is 9.28. The molecule has 3 heterocycles. The number of epoxide rings is 1. The highest BCUT2D eigenvalue weighted by Gasteiger charge is 2.64. The summed E-state index contributed by atoms with van der Waals surface area (Å²) in [5.41, 5.74) is -1.24. The molecular weight excluding hydrogens is 620 g/mol. The number of benzene rings is 1. The number of methoxy groups -OCH3 is 2. The summed E-state index contributed by atoms with van der Waals surface area (Å²) in [6.07, 6.45) is 0.874. The third kappa shape index (κ3) is 7.69. The lowest BCUT2D eigenvalue weighted by molar-refractivity contribution is -0.154. The van der Waals surface area contributed by atoms with Gasteiger partial charge in [0.25, 0.3) is 0 Å². The van der Waals surface area contributed by atoms with Gasteiger partial charge in [0.1, 0.15) is 34.7 Å². The maximum Gasteiger partial charge on any atom is 0.409 e. The highest BCUT2D eigenvalue weighted by atomic mass is 35.5. The Morgan fingerprint density at radius 3 is 2.61 bits per heavy atom. The van der Waals surface area contributed by atoms with Crippen molar-refractivity contribution >= 4 is 35.3 Å². The average molecular weight is 665 g/mol. The van der Waals surface area contributed by atoms with E-state index in [2.05, 4.69) is 5.32 Å². The molecule has 2 saturated heterocycles. The van der Waals surface area contributed by atoms with Crippen LogP contribution in [0.3, 0.4) is 0 Å². The zero-order valence-corrected chi connectivity index (χ0v) is 28.1. The predicted octanol–water partition coefficient (Wildman–Crippen LogP) is 3.69. The molecule has 2 amide bonds. The van der Waals surface area contributed by atoms with Crippen molar-refractivity contribution in [2.75, 3.05) is 32.8 Å². The fourth-order valence-electron chi connectivity index (χ4n) is 6.17. The molecule has 0 saturated carbocycles.